The smallest absolute Gasteiger partial charge is 0.318 e. The van der Waals surface area contributed by atoms with Crippen LogP contribution < -0.4 is 5.32 Å². The van der Waals surface area contributed by atoms with Crippen molar-refractivity contribution < 1.29 is 18.3 Å². The van der Waals surface area contributed by atoms with E-state index in [-0.39, 0.29) is 36.7 Å². The highest BCUT2D eigenvalue weighted by atomic mass is 32.2. The number of sulfone groups is 1. The molecule has 1 unspecified atom stereocenters. The number of amides is 2. The topological polar surface area (TPSA) is 105 Å². The van der Waals surface area contributed by atoms with E-state index in [0.717, 1.165) is 29.9 Å². The van der Waals surface area contributed by atoms with Gasteiger partial charge in [-0.05, 0) is 26.7 Å². The Morgan fingerprint density at radius 3 is 2.72 bits per heavy atom. The van der Waals surface area contributed by atoms with Crippen molar-refractivity contribution in [1.82, 2.24) is 20.0 Å². The number of aliphatic hydroxyl groups is 1. The van der Waals surface area contributed by atoms with Crippen LogP contribution in [0.2, 0.25) is 0 Å². The van der Waals surface area contributed by atoms with Crippen molar-refractivity contribution in [3.8, 4) is 0 Å². The Balaban J connectivity index is 2.04. The monoisotopic (exact) mass is 372 g/mol. The molecule has 0 aromatic carbocycles. The van der Waals surface area contributed by atoms with Gasteiger partial charge in [0.2, 0.25) is 0 Å². The van der Waals surface area contributed by atoms with Crippen molar-refractivity contribution in [3.05, 3.63) is 17.0 Å². The van der Waals surface area contributed by atoms with E-state index in [2.05, 4.69) is 17.3 Å². The number of nitrogens with zero attached hydrogens (tertiary/aromatic N) is 3. The maximum absolute atomic E-state index is 12.5. The Labute approximate surface area is 149 Å². The first-order chi connectivity index (χ1) is 11.8. The standard InChI is InChI=1S/C16H28N4O4S/c1-4-6-20-13(3)15(12(2)18-20)10-17-16(22)19(7-8-21)14-5-9-25(23,24)11-14/h14,21H,4-11H2,1-3H3,(H,17,22). The summed E-state index contributed by atoms with van der Waals surface area (Å²) in [5.74, 6) is 0.0573. The molecule has 1 aliphatic rings. The van der Waals surface area contributed by atoms with Crippen molar-refractivity contribution in [1.29, 1.82) is 0 Å². The van der Waals surface area contributed by atoms with E-state index in [1.807, 2.05) is 18.5 Å². The number of aliphatic hydroxyl groups excluding tert-OH is 1. The SMILES string of the molecule is CCCn1nc(C)c(CNC(=O)N(CCO)C2CCS(=O)(=O)C2)c1C. The predicted molar refractivity (Wildman–Crippen MR) is 95.1 cm³/mol. The number of carbonyl (C=O) groups excluding carboxylic acids is 1. The van der Waals surface area contributed by atoms with Crippen molar-refractivity contribution >= 4 is 15.9 Å². The second-order valence-corrected chi connectivity index (χ2v) is 8.73. The summed E-state index contributed by atoms with van der Waals surface area (Å²) in [5, 5.41) is 16.6. The van der Waals surface area contributed by atoms with Crippen LogP contribution in [0.3, 0.4) is 0 Å². The van der Waals surface area contributed by atoms with Gasteiger partial charge in [0.05, 0.1) is 23.8 Å². The highest BCUT2D eigenvalue weighted by molar-refractivity contribution is 7.91. The number of carbonyl (C=O) groups is 1. The summed E-state index contributed by atoms with van der Waals surface area (Å²) in [5.41, 5.74) is 2.88. The fraction of sp³-hybridized carbons (Fsp3) is 0.750. The lowest BCUT2D eigenvalue weighted by molar-refractivity contribution is 0.157. The van der Waals surface area contributed by atoms with Gasteiger partial charge in [0.25, 0.3) is 0 Å². The van der Waals surface area contributed by atoms with Crippen LogP contribution in [-0.4, -0.2) is 64.9 Å². The van der Waals surface area contributed by atoms with Gasteiger partial charge in [-0.3, -0.25) is 4.68 Å². The zero-order chi connectivity index (χ0) is 18.6. The molecule has 1 aromatic heterocycles. The molecule has 0 bridgehead atoms. The van der Waals surface area contributed by atoms with Gasteiger partial charge in [-0.2, -0.15) is 5.10 Å². The third kappa shape index (κ3) is 4.72. The first-order valence-corrected chi connectivity index (χ1v) is 10.5. The van der Waals surface area contributed by atoms with Crippen LogP contribution in [-0.2, 0) is 22.9 Å². The number of rotatable bonds is 7. The van der Waals surface area contributed by atoms with Crippen molar-refractivity contribution in [2.45, 2.75) is 52.7 Å². The van der Waals surface area contributed by atoms with Gasteiger partial charge in [0.1, 0.15) is 0 Å². The van der Waals surface area contributed by atoms with Gasteiger partial charge < -0.3 is 15.3 Å². The molecule has 0 saturated carbocycles. The zero-order valence-corrected chi connectivity index (χ0v) is 16.0. The zero-order valence-electron chi connectivity index (χ0n) is 15.2. The van der Waals surface area contributed by atoms with Gasteiger partial charge >= 0.3 is 6.03 Å². The quantitative estimate of drug-likeness (QED) is 0.729. The molecule has 1 fully saturated rings. The molecule has 0 aliphatic carbocycles. The molecular formula is C16H28N4O4S. The lowest BCUT2D eigenvalue weighted by Gasteiger charge is -2.27. The van der Waals surface area contributed by atoms with E-state index in [0.29, 0.717) is 13.0 Å². The van der Waals surface area contributed by atoms with Gasteiger partial charge in [-0.25, -0.2) is 13.2 Å². The molecule has 8 nitrogen and oxygen atoms in total. The van der Waals surface area contributed by atoms with Crippen molar-refractivity contribution in [2.24, 2.45) is 0 Å². The normalized spacial score (nSPS) is 19.1. The average Bonchev–Trinajstić information content (AvgIpc) is 3.03. The summed E-state index contributed by atoms with van der Waals surface area (Å²) < 4.78 is 25.3. The van der Waals surface area contributed by atoms with Gasteiger partial charge in [-0.15, -0.1) is 0 Å². The van der Waals surface area contributed by atoms with Crippen molar-refractivity contribution in [2.75, 3.05) is 24.7 Å². The molecule has 2 N–H and O–H groups in total. The van der Waals surface area contributed by atoms with E-state index < -0.39 is 9.84 Å². The van der Waals surface area contributed by atoms with Crippen LogP contribution in [0.4, 0.5) is 4.79 Å². The van der Waals surface area contributed by atoms with E-state index in [4.69, 9.17) is 0 Å². The Morgan fingerprint density at radius 2 is 2.16 bits per heavy atom. The fourth-order valence-electron chi connectivity index (χ4n) is 3.26. The van der Waals surface area contributed by atoms with Crippen LogP contribution in [0.1, 0.15) is 36.7 Å². The van der Waals surface area contributed by atoms with Crippen molar-refractivity contribution in [3.63, 3.8) is 0 Å². The van der Waals surface area contributed by atoms with Gasteiger partial charge in [0, 0.05) is 36.9 Å². The largest absolute Gasteiger partial charge is 0.395 e. The van der Waals surface area contributed by atoms with E-state index in [1.165, 1.54) is 4.90 Å². The summed E-state index contributed by atoms with van der Waals surface area (Å²) in [6.07, 6.45) is 1.40. The molecule has 1 saturated heterocycles. The predicted octanol–water partition coefficient (Wildman–Crippen LogP) is 0.601. The molecule has 142 valence electrons. The number of hydrogen-bond acceptors (Lipinski definition) is 5. The van der Waals surface area contributed by atoms with Crippen LogP contribution in [0, 0.1) is 13.8 Å². The van der Waals surface area contributed by atoms with Crippen LogP contribution >= 0.6 is 0 Å². The summed E-state index contributed by atoms with van der Waals surface area (Å²) in [6, 6.07) is -0.722. The second-order valence-electron chi connectivity index (χ2n) is 6.51. The fourth-order valence-corrected chi connectivity index (χ4v) is 4.99. The molecule has 0 radical (unpaired) electrons. The lowest BCUT2D eigenvalue weighted by atomic mass is 10.2. The number of nitrogens with one attached hydrogen (secondary N) is 1. The molecule has 25 heavy (non-hydrogen) atoms. The molecule has 2 heterocycles. The molecule has 1 atom stereocenters. The minimum atomic E-state index is -3.09. The first kappa shape index (κ1) is 19.7. The lowest BCUT2D eigenvalue weighted by Crippen LogP contribution is -2.47. The average molecular weight is 372 g/mol. The molecule has 2 rings (SSSR count). The summed E-state index contributed by atoms with van der Waals surface area (Å²) in [4.78, 5) is 14.0. The summed E-state index contributed by atoms with van der Waals surface area (Å²) in [7, 11) is -3.09. The summed E-state index contributed by atoms with van der Waals surface area (Å²) in [6.45, 7) is 7.07. The van der Waals surface area contributed by atoms with Gasteiger partial charge in [0.15, 0.2) is 9.84 Å². The van der Waals surface area contributed by atoms with Crippen LogP contribution in [0.25, 0.3) is 0 Å². The maximum Gasteiger partial charge on any atom is 0.318 e. The Bertz CT molecular complexity index is 714. The third-order valence-electron chi connectivity index (χ3n) is 4.63. The molecular weight excluding hydrogens is 344 g/mol. The third-order valence-corrected chi connectivity index (χ3v) is 6.38. The Hall–Kier alpha value is -1.61. The highest BCUT2D eigenvalue weighted by Gasteiger charge is 2.34. The Morgan fingerprint density at radius 1 is 1.44 bits per heavy atom. The number of aromatic nitrogens is 2. The minimum Gasteiger partial charge on any atom is -0.395 e. The number of aryl methyl sites for hydroxylation is 2. The van der Waals surface area contributed by atoms with Gasteiger partial charge in [-0.1, -0.05) is 6.92 Å². The minimum absolute atomic E-state index is 0.0348. The molecule has 0 spiro atoms. The molecule has 1 aliphatic heterocycles. The van der Waals surface area contributed by atoms with Crippen LogP contribution in [0.15, 0.2) is 0 Å². The van der Waals surface area contributed by atoms with E-state index >= 15 is 0 Å². The van der Waals surface area contributed by atoms with E-state index in [9.17, 15) is 18.3 Å². The molecule has 1 aromatic rings. The number of urea groups is 1. The highest BCUT2D eigenvalue weighted by Crippen LogP contribution is 2.18. The Kier molecular flexibility index (Phi) is 6.45. The molecule has 9 heteroatoms. The van der Waals surface area contributed by atoms with E-state index in [1.54, 1.807) is 0 Å². The molecule has 2 amide bonds. The summed E-state index contributed by atoms with van der Waals surface area (Å²) >= 11 is 0. The van der Waals surface area contributed by atoms with Crippen LogP contribution in [0.5, 0.6) is 0 Å². The second kappa shape index (κ2) is 8.18. The number of hydrogen-bond donors (Lipinski definition) is 2. The first-order valence-electron chi connectivity index (χ1n) is 8.67. The maximum atomic E-state index is 12.5.